The van der Waals surface area contributed by atoms with Crippen LogP contribution in [0.2, 0.25) is 0 Å². The number of benzene rings is 1. The molecule has 0 radical (unpaired) electrons. The van der Waals surface area contributed by atoms with Crippen LogP contribution in [-0.2, 0) is 11.8 Å². The zero-order valence-electron chi connectivity index (χ0n) is 12.5. The maximum absolute atomic E-state index is 5.81. The van der Waals surface area contributed by atoms with Crippen molar-refractivity contribution in [2.45, 2.75) is 37.1 Å². The molecular weight excluding hydrogens is 258 g/mol. The lowest BCUT2D eigenvalue weighted by atomic mass is 9.59. The number of pyridine rings is 1. The van der Waals surface area contributed by atoms with Gasteiger partial charge in [0, 0.05) is 17.7 Å². The summed E-state index contributed by atoms with van der Waals surface area (Å²) in [5, 5.41) is 3.55. The molecule has 3 rings (SSSR count). The first-order valence-electron chi connectivity index (χ1n) is 7.68. The Morgan fingerprint density at radius 3 is 2.57 bits per heavy atom. The molecule has 0 aliphatic heterocycles. The number of hydrogen-bond donors (Lipinski definition) is 2. The van der Waals surface area contributed by atoms with Crippen molar-refractivity contribution in [3.63, 3.8) is 0 Å². The Balaban J connectivity index is 1.87. The van der Waals surface area contributed by atoms with Crippen molar-refractivity contribution < 1.29 is 0 Å². The van der Waals surface area contributed by atoms with Crippen LogP contribution in [0.5, 0.6) is 0 Å². The van der Waals surface area contributed by atoms with Crippen LogP contribution in [0.4, 0.5) is 5.82 Å². The smallest absolute Gasteiger partial charge is 0.123 e. The number of likely N-dealkylation sites (N-methyl/N-ethyl adjacent to an activating group) is 1. The van der Waals surface area contributed by atoms with Crippen LogP contribution in [0.25, 0.3) is 0 Å². The lowest BCUT2D eigenvalue weighted by Crippen LogP contribution is -2.52. The van der Waals surface area contributed by atoms with Crippen LogP contribution in [0.3, 0.4) is 0 Å². The fraction of sp³-hybridized carbons (Fsp3) is 0.389. The lowest BCUT2D eigenvalue weighted by molar-refractivity contribution is 0.174. The fourth-order valence-corrected chi connectivity index (χ4v) is 3.60. The van der Waals surface area contributed by atoms with Gasteiger partial charge in [-0.2, -0.15) is 0 Å². The molecule has 0 amide bonds. The van der Waals surface area contributed by atoms with Crippen molar-refractivity contribution in [2.75, 3.05) is 12.8 Å². The van der Waals surface area contributed by atoms with Crippen molar-refractivity contribution in [2.24, 2.45) is 0 Å². The first-order valence-corrected chi connectivity index (χ1v) is 7.68. The maximum atomic E-state index is 5.81. The normalized spacial score (nSPS) is 18.0. The van der Waals surface area contributed by atoms with Gasteiger partial charge in [-0.25, -0.2) is 4.98 Å². The SMILES string of the molecule is CNC(Cc1ccnc(N)c1)C1(c2ccccc2)CCC1. The average Bonchev–Trinajstić information content (AvgIpc) is 2.46. The number of nitrogens with one attached hydrogen (secondary N) is 1. The molecular formula is C18H23N3. The first-order chi connectivity index (χ1) is 10.2. The van der Waals surface area contributed by atoms with Crippen molar-refractivity contribution in [1.29, 1.82) is 0 Å². The van der Waals surface area contributed by atoms with Crippen LogP contribution in [0.15, 0.2) is 48.7 Å². The highest BCUT2D eigenvalue weighted by atomic mass is 14.9. The van der Waals surface area contributed by atoms with Crippen LogP contribution in [0.1, 0.15) is 30.4 Å². The number of anilines is 1. The van der Waals surface area contributed by atoms with E-state index in [1.807, 2.05) is 6.07 Å². The Kier molecular flexibility index (Phi) is 3.93. The topological polar surface area (TPSA) is 50.9 Å². The minimum Gasteiger partial charge on any atom is -0.384 e. The van der Waals surface area contributed by atoms with Crippen molar-refractivity contribution in [3.05, 3.63) is 59.8 Å². The molecule has 1 heterocycles. The van der Waals surface area contributed by atoms with Gasteiger partial charge < -0.3 is 11.1 Å². The second-order valence-electron chi connectivity index (χ2n) is 6.01. The molecule has 110 valence electrons. The molecule has 1 fully saturated rings. The zero-order chi connectivity index (χ0) is 14.7. The lowest BCUT2D eigenvalue weighted by Gasteiger charge is -2.48. The highest BCUT2D eigenvalue weighted by Gasteiger charge is 2.44. The van der Waals surface area contributed by atoms with Crippen LogP contribution >= 0.6 is 0 Å². The number of nitrogen functional groups attached to an aromatic ring is 1. The Labute approximate surface area is 126 Å². The fourth-order valence-electron chi connectivity index (χ4n) is 3.60. The largest absolute Gasteiger partial charge is 0.384 e. The number of nitrogens with two attached hydrogens (primary N) is 1. The van der Waals surface area contributed by atoms with Gasteiger partial charge in [0.1, 0.15) is 5.82 Å². The second-order valence-corrected chi connectivity index (χ2v) is 6.01. The molecule has 1 saturated carbocycles. The molecule has 1 aliphatic rings. The second kappa shape index (κ2) is 5.86. The van der Waals surface area contributed by atoms with Gasteiger partial charge in [-0.05, 0) is 49.6 Å². The van der Waals surface area contributed by atoms with Gasteiger partial charge in [0.15, 0.2) is 0 Å². The molecule has 0 saturated heterocycles. The molecule has 0 bridgehead atoms. The van der Waals surface area contributed by atoms with E-state index in [1.54, 1.807) is 6.20 Å². The Morgan fingerprint density at radius 2 is 2.00 bits per heavy atom. The number of aromatic nitrogens is 1. The average molecular weight is 281 g/mol. The van der Waals surface area contributed by atoms with Crippen molar-refractivity contribution in [3.8, 4) is 0 Å². The Hall–Kier alpha value is -1.87. The third kappa shape index (κ3) is 2.66. The molecule has 1 unspecified atom stereocenters. The molecule has 1 aromatic heterocycles. The van der Waals surface area contributed by atoms with E-state index < -0.39 is 0 Å². The van der Waals surface area contributed by atoms with E-state index in [4.69, 9.17) is 5.73 Å². The Morgan fingerprint density at radius 1 is 1.24 bits per heavy atom. The minimum atomic E-state index is 0.258. The summed E-state index contributed by atoms with van der Waals surface area (Å²) in [6.45, 7) is 0. The van der Waals surface area contributed by atoms with E-state index in [0.29, 0.717) is 11.9 Å². The predicted octanol–water partition coefficient (Wildman–Crippen LogP) is 2.92. The summed E-state index contributed by atoms with van der Waals surface area (Å²) in [6.07, 6.45) is 6.60. The standard InChI is InChI=1S/C18H23N3/c1-20-16(12-14-8-11-21-17(19)13-14)18(9-5-10-18)15-6-3-2-4-7-15/h2-4,6-8,11,13,16,20H,5,9-10,12H2,1H3,(H2,19,21). The quantitative estimate of drug-likeness (QED) is 0.886. The highest BCUT2D eigenvalue weighted by molar-refractivity contribution is 5.35. The van der Waals surface area contributed by atoms with E-state index in [9.17, 15) is 0 Å². The molecule has 2 aromatic rings. The number of nitrogens with zero attached hydrogens (tertiary/aromatic N) is 1. The van der Waals surface area contributed by atoms with Crippen molar-refractivity contribution in [1.82, 2.24) is 10.3 Å². The van der Waals surface area contributed by atoms with E-state index in [2.05, 4.69) is 53.7 Å². The van der Waals surface area contributed by atoms with Gasteiger partial charge in [0.05, 0.1) is 0 Å². The van der Waals surface area contributed by atoms with Gasteiger partial charge >= 0.3 is 0 Å². The summed E-state index contributed by atoms with van der Waals surface area (Å²) in [5.41, 5.74) is 8.78. The Bertz CT molecular complexity index is 590. The van der Waals surface area contributed by atoms with Crippen LogP contribution in [-0.4, -0.2) is 18.1 Å². The third-order valence-corrected chi connectivity index (χ3v) is 4.90. The predicted molar refractivity (Wildman–Crippen MR) is 87.2 cm³/mol. The number of rotatable bonds is 5. The molecule has 1 atom stereocenters. The molecule has 21 heavy (non-hydrogen) atoms. The summed E-state index contributed by atoms with van der Waals surface area (Å²) in [4.78, 5) is 4.08. The van der Waals surface area contributed by atoms with Gasteiger partial charge in [0.2, 0.25) is 0 Å². The summed E-state index contributed by atoms with van der Waals surface area (Å²) in [6, 6.07) is 15.4. The van der Waals surface area contributed by atoms with Gasteiger partial charge in [-0.15, -0.1) is 0 Å². The summed E-state index contributed by atoms with van der Waals surface area (Å²) in [5.74, 6) is 0.602. The summed E-state index contributed by atoms with van der Waals surface area (Å²) >= 11 is 0. The van der Waals surface area contributed by atoms with Crippen LogP contribution < -0.4 is 11.1 Å². The monoisotopic (exact) mass is 281 g/mol. The summed E-state index contributed by atoms with van der Waals surface area (Å²) in [7, 11) is 2.07. The van der Waals surface area contributed by atoms with Crippen molar-refractivity contribution >= 4 is 5.82 Å². The zero-order valence-corrected chi connectivity index (χ0v) is 12.5. The third-order valence-electron chi connectivity index (χ3n) is 4.90. The molecule has 3 nitrogen and oxygen atoms in total. The van der Waals surface area contributed by atoms with E-state index in [0.717, 1.165) is 6.42 Å². The maximum Gasteiger partial charge on any atom is 0.123 e. The molecule has 1 aromatic carbocycles. The van der Waals surface area contributed by atoms with Crippen LogP contribution in [0, 0.1) is 0 Å². The molecule has 3 heteroatoms. The highest BCUT2D eigenvalue weighted by Crippen LogP contribution is 2.47. The molecule has 3 N–H and O–H groups in total. The van der Waals surface area contributed by atoms with E-state index >= 15 is 0 Å². The van der Waals surface area contributed by atoms with Gasteiger partial charge in [-0.1, -0.05) is 36.8 Å². The summed E-state index contributed by atoms with van der Waals surface area (Å²) < 4.78 is 0. The van der Waals surface area contributed by atoms with Gasteiger partial charge in [-0.3, -0.25) is 0 Å². The van der Waals surface area contributed by atoms with Gasteiger partial charge in [0.25, 0.3) is 0 Å². The number of hydrogen-bond acceptors (Lipinski definition) is 3. The minimum absolute atomic E-state index is 0.258. The molecule has 1 aliphatic carbocycles. The molecule has 0 spiro atoms. The first kappa shape index (κ1) is 14.1. The van der Waals surface area contributed by atoms with E-state index in [1.165, 1.54) is 30.4 Å². The van der Waals surface area contributed by atoms with E-state index in [-0.39, 0.29) is 5.41 Å².